The lowest BCUT2D eigenvalue weighted by Gasteiger charge is -2.18. The fourth-order valence-corrected chi connectivity index (χ4v) is 1.91. The molecule has 2 aromatic rings. The molecule has 2 heterocycles. The average Bonchev–Trinajstić information content (AvgIpc) is 2.28. The van der Waals surface area contributed by atoms with Crippen LogP contribution in [-0.2, 0) is 11.8 Å². The van der Waals surface area contributed by atoms with Gasteiger partial charge in [0.1, 0.15) is 10.5 Å². The first-order chi connectivity index (χ1) is 8.45. The SMILES string of the molecule is CC(C)(C)c1nc(=S)cc(Cc2cccnc2)[nH]1. The largest absolute Gasteiger partial charge is 0.346 e. The van der Waals surface area contributed by atoms with E-state index in [1.807, 2.05) is 18.3 Å². The standard InChI is InChI=1S/C14H17N3S/c1-14(2,3)13-16-11(8-12(18)17-13)7-10-5-4-6-15-9-10/h4-6,8-9H,7H2,1-3H3,(H,16,17,18). The first-order valence-electron chi connectivity index (χ1n) is 5.95. The topological polar surface area (TPSA) is 41.6 Å². The first-order valence-corrected chi connectivity index (χ1v) is 6.35. The van der Waals surface area contributed by atoms with Crippen molar-refractivity contribution in [1.82, 2.24) is 15.0 Å². The Labute approximate surface area is 112 Å². The second-order valence-corrected chi connectivity index (χ2v) is 5.80. The van der Waals surface area contributed by atoms with Crippen LogP contribution < -0.4 is 0 Å². The van der Waals surface area contributed by atoms with E-state index < -0.39 is 0 Å². The first kappa shape index (κ1) is 12.9. The molecule has 0 bridgehead atoms. The molecule has 0 amide bonds. The number of nitrogens with zero attached hydrogens (tertiary/aromatic N) is 2. The van der Waals surface area contributed by atoms with Crippen molar-refractivity contribution in [3.63, 3.8) is 0 Å². The van der Waals surface area contributed by atoms with Crippen LogP contribution in [0.25, 0.3) is 0 Å². The summed E-state index contributed by atoms with van der Waals surface area (Å²) in [5, 5.41) is 0. The third-order valence-electron chi connectivity index (χ3n) is 2.63. The molecule has 2 aromatic heterocycles. The molecule has 0 aromatic carbocycles. The molecule has 0 saturated carbocycles. The van der Waals surface area contributed by atoms with Gasteiger partial charge in [0, 0.05) is 29.9 Å². The van der Waals surface area contributed by atoms with Crippen LogP contribution in [0.4, 0.5) is 0 Å². The van der Waals surface area contributed by atoms with E-state index in [1.54, 1.807) is 6.20 Å². The summed E-state index contributed by atoms with van der Waals surface area (Å²) in [6.45, 7) is 6.36. The third kappa shape index (κ3) is 3.23. The molecule has 0 aliphatic carbocycles. The van der Waals surface area contributed by atoms with Gasteiger partial charge < -0.3 is 4.98 Å². The van der Waals surface area contributed by atoms with Crippen molar-refractivity contribution in [2.24, 2.45) is 0 Å². The molecule has 4 heteroatoms. The molecular formula is C14H17N3S. The second-order valence-electron chi connectivity index (χ2n) is 5.38. The number of hydrogen-bond acceptors (Lipinski definition) is 3. The Morgan fingerprint density at radius 3 is 2.72 bits per heavy atom. The number of H-pyrrole nitrogens is 1. The van der Waals surface area contributed by atoms with Crippen molar-refractivity contribution in [3.8, 4) is 0 Å². The molecule has 0 unspecified atom stereocenters. The molecule has 0 radical (unpaired) electrons. The summed E-state index contributed by atoms with van der Waals surface area (Å²) >= 11 is 5.23. The van der Waals surface area contributed by atoms with Crippen LogP contribution in [-0.4, -0.2) is 15.0 Å². The molecule has 0 atom stereocenters. The van der Waals surface area contributed by atoms with Gasteiger partial charge in [-0.2, -0.15) is 0 Å². The molecule has 2 rings (SSSR count). The Hall–Kier alpha value is -1.55. The number of nitrogens with one attached hydrogen (secondary N) is 1. The monoisotopic (exact) mass is 259 g/mol. The Morgan fingerprint density at radius 1 is 1.33 bits per heavy atom. The Bertz CT molecular complexity index is 582. The Balaban J connectivity index is 2.35. The highest BCUT2D eigenvalue weighted by molar-refractivity contribution is 7.71. The van der Waals surface area contributed by atoms with Crippen LogP contribution >= 0.6 is 12.2 Å². The summed E-state index contributed by atoms with van der Waals surface area (Å²) in [5.74, 6) is 0.925. The number of hydrogen-bond donors (Lipinski definition) is 1. The van der Waals surface area contributed by atoms with Crippen molar-refractivity contribution in [3.05, 3.63) is 52.3 Å². The quantitative estimate of drug-likeness (QED) is 0.840. The lowest BCUT2D eigenvalue weighted by Crippen LogP contribution is -2.17. The van der Waals surface area contributed by atoms with Crippen molar-refractivity contribution in [2.75, 3.05) is 0 Å². The van der Waals surface area contributed by atoms with Crippen LogP contribution in [0.3, 0.4) is 0 Å². The number of aromatic amines is 1. The molecule has 0 saturated heterocycles. The molecule has 94 valence electrons. The van der Waals surface area contributed by atoms with Gasteiger partial charge in [-0.25, -0.2) is 4.98 Å². The van der Waals surface area contributed by atoms with E-state index in [4.69, 9.17) is 12.2 Å². The summed E-state index contributed by atoms with van der Waals surface area (Å²) in [7, 11) is 0. The van der Waals surface area contributed by atoms with E-state index in [1.165, 1.54) is 0 Å². The van der Waals surface area contributed by atoms with Gasteiger partial charge in [0.05, 0.1) is 0 Å². The summed E-state index contributed by atoms with van der Waals surface area (Å²) in [5.41, 5.74) is 2.21. The van der Waals surface area contributed by atoms with Gasteiger partial charge in [0.15, 0.2) is 0 Å². The van der Waals surface area contributed by atoms with Gasteiger partial charge in [0.2, 0.25) is 0 Å². The third-order valence-corrected chi connectivity index (χ3v) is 2.84. The van der Waals surface area contributed by atoms with Gasteiger partial charge in [0.25, 0.3) is 0 Å². The van der Waals surface area contributed by atoms with E-state index in [-0.39, 0.29) is 5.41 Å². The zero-order valence-corrected chi connectivity index (χ0v) is 11.7. The van der Waals surface area contributed by atoms with Crippen LogP contribution in [0, 0.1) is 4.64 Å². The summed E-state index contributed by atoms with van der Waals surface area (Å²) < 4.78 is 0.637. The molecule has 0 spiro atoms. The fourth-order valence-electron chi connectivity index (χ4n) is 1.68. The Morgan fingerprint density at radius 2 is 2.11 bits per heavy atom. The van der Waals surface area contributed by atoms with E-state index in [9.17, 15) is 0 Å². The minimum Gasteiger partial charge on any atom is -0.346 e. The summed E-state index contributed by atoms with van der Waals surface area (Å²) in [6.07, 6.45) is 4.44. The van der Waals surface area contributed by atoms with Gasteiger partial charge >= 0.3 is 0 Å². The fraction of sp³-hybridized carbons (Fsp3) is 0.357. The van der Waals surface area contributed by atoms with Crippen LogP contribution in [0.2, 0.25) is 0 Å². The Kier molecular flexibility index (Phi) is 3.57. The van der Waals surface area contributed by atoms with Gasteiger partial charge in [-0.05, 0) is 17.7 Å². The minimum atomic E-state index is -0.0293. The molecule has 0 aliphatic heterocycles. The van der Waals surface area contributed by atoms with Gasteiger partial charge in [-0.3, -0.25) is 4.98 Å². The summed E-state index contributed by atoms with van der Waals surface area (Å²) in [4.78, 5) is 11.9. The molecular weight excluding hydrogens is 242 g/mol. The number of aromatic nitrogens is 3. The maximum atomic E-state index is 5.23. The van der Waals surface area contributed by atoms with Gasteiger partial charge in [-0.1, -0.05) is 39.1 Å². The van der Waals surface area contributed by atoms with Crippen molar-refractivity contribution < 1.29 is 0 Å². The zero-order chi connectivity index (χ0) is 13.2. The number of pyridine rings is 1. The molecule has 0 aliphatic rings. The van der Waals surface area contributed by atoms with E-state index in [0.717, 1.165) is 23.5 Å². The highest BCUT2D eigenvalue weighted by atomic mass is 32.1. The molecule has 3 nitrogen and oxygen atoms in total. The molecule has 18 heavy (non-hydrogen) atoms. The maximum Gasteiger partial charge on any atom is 0.130 e. The van der Waals surface area contributed by atoms with Crippen molar-refractivity contribution >= 4 is 12.2 Å². The van der Waals surface area contributed by atoms with Crippen molar-refractivity contribution in [2.45, 2.75) is 32.6 Å². The average molecular weight is 259 g/mol. The number of rotatable bonds is 2. The van der Waals surface area contributed by atoms with E-state index in [0.29, 0.717) is 4.64 Å². The smallest absolute Gasteiger partial charge is 0.130 e. The lowest BCUT2D eigenvalue weighted by molar-refractivity contribution is 0.541. The van der Waals surface area contributed by atoms with Gasteiger partial charge in [-0.15, -0.1) is 0 Å². The maximum absolute atomic E-state index is 5.23. The van der Waals surface area contributed by atoms with Crippen LogP contribution in [0.5, 0.6) is 0 Å². The normalized spacial score (nSPS) is 11.5. The van der Waals surface area contributed by atoms with Crippen LogP contribution in [0.1, 0.15) is 37.9 Å². The summed E-state index contributed by atoms with van der Waals surface area (Å²) in [6, 6.07) is 5.91. The van der Waals surface area contributed by atoms with Crippen molar-refractivity contribution in [1.29, 1.82) is 0 Å². The van der Waals surface area contributed by atoms with E-state index >= 15 is 0 Å². The van der Waals surface area contributed by atoms with E-state index in [2.05, 4.69) is 41.8 Å². The predicted molar refractivity (Wildman–Crippen MR) is 75.2 cm³/mol. The highest BCUT2D eigenvalue weighted by Crippen LogP contribution is 2.18. The highest BCUT2D eigenvalue weighted by Gasteiger charge is 2.16. The molecule has 1 N–H and O–H groups in total. The van der Waals surface area contributed by atoms with Crippen LogP contribution in [0.15, 0.2) is 30.6 Å². The molecule has 0 fully saturated rings. The zero-order valence-electron chi connectivity index (χ0n) is 10.9. The minimum absolute atomic E-state index is 0.0293. The second kappa shape index (κ2) is 4.98. The predicted octanol–water partition coefficient (Wildman–Crippen LogP) is 3.42. The lowest BCUT2D eigenvalue weighted by atomic mass is 9.95.